The van der Waals surface area contributed by atoms with Gasteiger partial charge in [-0.05, 0) is 24.3 Å². The summed E-state index contributed by atoms with van der Waals surface area (Å²) < 4.78 is 17.3. The van der Waals surface area contributed by atoms with Crippen LogP contribution in [0.5, 0.6) is 0 Å². The molecule has 1 unspecified atom stereocenters. The highest BCUT2D eigenvalue weighted by Crippen LogP contribution is 2.30. The van der Waals surface area contributed by atoms with Crippen LogP contribution in [0.4, 0.5) is 4.79 Å². The number of carboxylic acid groups (broad SMARTS) is 1. The Bertz CT molecular complexity index is 773. The Morgan fingerprint density at radius 3 is 2.32 bits per heavy atom. The van der Waals surface area contributed by atoms with E-state index < -0.39 is 43.9 Å². The second kappa shape index (κ2) is 13.1. The van der Waals surface area contributed by atoms with Crippen molar-refractivity contribution in [2.24, 2.45) is 5.92 Å². The lowest BCUT2D eigenvalue weighted by Crippen LogP contribution is -2.54. The molecule has 3 N–H and O–H groups in total. The van der Waals surface area contributed by atoms with E-state index in [1.807, 2.05) is 6.07 Å². The van der Waals surface area contributed by atoms with Gasteiger partial charge < -0.3 is 34.7 Å². The molecule has 3 atom stereocenters. The molecule has 174 valence electrons. The molecule has 0 heterocycles. The lowest BCUT2D eigenvalue weighted by Gasteiger charge is -2.31. The third kappa shape index (κ3) is 11.0. The summed E-state index contributed by atoms with van der Waals surface area (Å²) in [5.41, 5.74) is 0.740. The Labute approximate surface area is 182 Å². The Kier molecular flexibility index (Phi) is 11.2. The summed E-state index contributed by atoms with van der Waals surface area (Å²) in [6, 6.07) is 6.46. The first-order valence-corrected chi connectivity index (χ1v) is 11.9. The van der Waals surface area contributed by atoms with Crippen molar-refractivity contribution in [2.45, 2.75) is 58.7 Å². The summed E-state index contributed by atoms with van der Waals surface area (Å²) in [4.78, 5) is 47.8. The molecule has 31 heavy (non-hydrogen) atoms. The summed E-state index contributed by atoms with van der Waals surface area (Å²) in [5, 5.41) is 17.9. The first-order chi connectivity index (χ1) is 14.5. The summed E-state index contributed by atoms with van der Waals surface area (Å²) in [7, 11) is -4.43. The van der Waals surface area contributed by atoms with Gasteiger partial charge in [-0.2, -0.15) is 0 Å². The van der Waals surface area contributed by atoms with E-state index in [-0.39, 0.29) is 25.4 Å². The molecule has 0 fully saturated rings. The highest BCUT2D eigenvalue weighted by molar-refractivity contribution is 7.54. The maximum atomic E-state index is 12.5. The maximum Gasteiger partial charge on any atom is 0.407 e. The summed E-state index contributed by atoms with van der Waals surface area (Å²) in [6.07, 6.45) is -0.904. The lowest BCUT2D eigenvalue weighted by molar-refractivity contribution is -0.308. The van der Waals surface area contributed by atoms with E-state index >= 15 is 0 Å². The van der Waals surface area contributed by atoms with E-state index in [1.54, 1.807) is 45.0 Å². The van der Waals surface area contributed by atoms with E-state index in [0.29, 0.717) is 6.42 Å². The first-order valence-electron chi connectivity index (χ1n) is 10.1. The molecular weight excluding hydrogens is 425 g/mol. The molecule has 0 aliphatic rings. The number of carboxylic acids is 1. The van der Waals surface area contributed by atoms with E-state index in [4.69, 9.17) is 4.74 Å². The topological polar surface area (TPSA) is 160 Å². The zero-order valence-corrected chi connectivity index (χ0v) is 18.9. The molecule has 0 radical (unpaired) electrons. The van der Waals surface area contributed by atoms with Crippen molar-refractivity contribution in [2.75, 3.05) is 6.29 Å². The monoisotopic (exact) mass is 455 g/mol. The van der Waals surface area contributed by atoms with E-state index in [1.165, 1.54) is 0 Å². The lowest BCUT2D eigenvalue weighted by atomic mass is 10.0. The number of hydrogen-bond donors (Lipinski definition) is 3. The third-order valence-corrected chi connectivity index (χ3v) is 5.48. The number of carbonyl (C=O) groups excluding carboxylic acids is 3. The zero-order valence-electron chi connectivity index (χ0n) is 18.0. The molecule has 11 heteroatoms. The minimum absolute atomic E-state index is 0.0241. The van der Waals surface area contributed by atoms with Gasteiger partial charge in [-0.1, -0.05) is 57.5 Å². The van der Waals surface area contributed by atoms with Gasteiger partial charge in [-0.3, -0.25) is 9.88 Å². The predicted octanol–water partition coefficient (Wildman–Crippen LogP) is 0.463. The molecule has 0 aliphatic heterocycles. The predicted molar refractivity (Wildman–Crippen MR) is 110 cm³/mol. The third-order valence-electron chi connectivity index (χ3n) is 4.20. The number of alkyl carbamates (subject to hydrolysis) is 1. The van der Waals surface area contributed by atoms with Gasteiger partial charge >= 0.3 is 6.09 Å². The summed E-state index contributed by atoms with van der Waals surface area (Å²) in [5.74, 6) is -2.26. The Balaban J connectivity index is 2.65. The molecule has 1 aromatic rings. The van der Waals surface area contributed by atoms with E-state index in [2.05, 4.69) is 15.7 Å². The quantitative estimate of drug-likeness (QED) is 0.362. The van der Waals surface area contributed by atoms with Gasteiger partial charge in [-0.25, -0.2) is 4.79 Å². The standard InChI is InChI=1S/C20H32N3O7P/c1-4-8-16(19(25)26)22-18(24)17(11-14(2)3)23-31(28,29)13-21-20(27)30-12-15-9-6-5-7-10-15/h5-7,9-10,14,16-17H,4,8,11-13H2,1-3H3,(H,21,27)(H,22,24)(H,25,26)(H2,23,28,29)/p-2/t16-,17-/m0/s1. The van der Waals surface area contributed by atoms with Gasteiger partial charge in [0.2, 0.25) is 5.91 Å². The van der Waals surface area contributed by atoms with Crippen molar-refractivity contribution >= 4 is 25.5 Å². The molecule has 10 nitrogen and oxygen atoms in total. The van der Waals surface area contributed by atoms with Crippen LogP contribution in [0, 0.1) is 5.92 Å². The van der Waals surface area contributed by atoms with Crippen LogP contribution in [0.2, 0.25) is 0 Å². The minimum atomic E-state index is -4.43. The number of carbonyl (C=O) groups is 3. The van der Waals surface area contributed by atoms with Crippen LogP contribution in [0.3, 0.4) is 0 Å². The molecule has 0 spiro atoms. The summed E-state index contributed by atoms with van der Waals surface area (Å²) in [6.45, 7) is 5.31. The zero-order chi connectivity index (χ0) is 23.4. The van der Waals surface area contributed by atoms with Crippen molar-refractivity contribution in [3.8, 4) is 0 Å². The normalized spacial score (nSPS) is 14.9. The van der Waals surface area contributed by atoms with Crippen LogP contribution in [0.15, 0.2) is 30.3 Å². The van der Waals surface area contributed by atoms with Gasteiger partial charge in [0.1, 0.15) is 6.61 Å². The molecule has 1 rings (SSSR count). The van der Waals surface area contributed by atoms with Crippen LogP contribution >= 0.6 is 7.52 Å². The average Bonchev–Trinajstić information content (AvgIpc) is 2.70. The number of benzene rings is 1. The molecule has 1 aromatic carbocycles. The molecule has 0 bridgehead atoms. The van der Waals surface area contributed by atoms with Gasteiger partial charge in [0, 0.05) is 0 Å². The van der Waals surface area contributed by atoms with Crippen molar-refractivity contribution in [3.63, 3.8) is 0 Å². The van der Waals surface area contributed by atoms with Crippen molar-refractivity contribution in [3.05, 3.63) is 35.9 Å². The minimum Gasteiger partial charge on any atom is -0.787 e. The van der Waals surface area contributed by atoms with Crippen molar-refractivity contribution < 1.29 is 33.7 Å². The Morgan fingerprint density at radius 2 is 1.77 bits per heavy atom. The van der Waals surface area contributed by atoms with Crippen LogP contribution in [-0.2, 0) is 25.5 Å². The largest absolute Gasteiger partial charge is 0.787 e. The maximum absolute atomic E-state index is 12.5. The fraction of sp³-hybridized carbons (Fsp3) is 0.550. The fourth-order valence-electron chi connectivity index (χ4n) is 2.73. The molecule has 0 aliphatic carbocycles. The molecular formula is C20H30N3O7P-2. The molecule has 2 amide bonds. The van der Waals surface area contributed by atoms with Gasteiger partial charge in [0.05, 0.1) is 31.9 Å². The van der Waals surface area contributed by atoms with Crippen molar-refractivity contribution in [1.29, 1.82) is 0 Å². The average molecular weight is 455 g/mol. The molecule has 0 saturated heterocycles. The summed E-state index contributed by atoms with van der Waals surface area (Å²) >= 11 is 0. The smallest absolute Gasteiger partial charge is 0.407 e. The molecule has 0 saturated carbocycles. The second-order valence-electron chi connectivity index (χ2n) is 7.55. The first kappa shape index (κ1) is 26.6. The van der Waals surface area contributed by atoms with Crippen LogP contribution in [0.1, 0.15) is 45.6 Å². The number of nitrogens with one attached hydrogen (secondary N) is 3. The highest BCUT2D eigenvalue weighted by Gasteiger charge is 2.26. The van der Waals surface area contributed by atoms with Crippen molar-refractivity contribution in [1.82, 2.24) is 15.7 Å². The number of aliphatic carboxylic acids is 1. The Morgan fingerprint density at radius 1 is 1.13 bits per heavy atom. The van der Waals surface area contributed by atoms with Crippen LogP contribution < -0.4 is 25.7 Å². The van der Waals surface area contributed by atoms with Gasteiger partial charge in [0.25, 0.3) is 0 Å². The SMILES string of the molecule is CCC[C@H](NC(=O)[C@H](CC(C)C)NP(=O)([O-])CNC(=O)OCc1ccccc1)C(=O)[O-]. The van der Waals surface area contributed by atoms with E-state index in [0.717, 1.165) is 5.56 Å². The van der Waals surface area contributed by atoms with Crippen LogP contribution in [0.25, 0.3) is 0 Å². The number of hydrogen-bond acceptors (Lipinski definition) is 7. The second-order valence-corrected chi connectivity index (χ2v) is 9.47. The number of rotatable bonds is 13. The van der Waals surface area contributed by atoms with Gasteiger partial charge in [0.15, 0.2) is 0 Å². The van der Waals surface area contributed by atoms with Crippen LogP contribution in [-0.4, -0.2) is 36.3 Å². The Hall–Kier alpha value is -2.42. The van der Waals surface area contributed by atoms with E-state index in [9.17, 15) is 28.9 Å². The number of amides is 2. The highest BCUT2D eigenvalue weighted by atomic mass is 31.2. The molecule has 0 aromatic heterocycles. The van der Waals surface area contributed by atoms with Gasteiger partial charge in [-0.15, -0.1) is 0 Å². The fourth-order valence-corrected chi connectivity index (χ4v) is 3.85. The number of ether oxygens (including phenoxy) is 1.